The Morgan fingerprint density at radius 2 is 1.68 bits per heavy atom. The largest absolute Gasteiger partial charge is 0.493 e. The quantitative estimate of drug-likeness (QED) is 0.717. The van der Waals surface area contributed by atoms with Crippen LogP contribution >= 0.6 is 0 Å². The Labute approximate surface area is 143 Å². The van der Waals surface area contributed by atoms with Crippen molar-refractivity contribution in [3.05, 3.63) is 58.4 Å². The van der Waals surface area contributed by atoms with E-state index >= 15 is 0 Å². The van der Waals surface area contributed by atoms with Gasteiger partial charge in [0.1, 0.15) is 0 Å². The average Bonchev–Trinajstić information content (AvgIpc) is 2.93. The maximum atomic E-state index is 11.9. The zero-order valence-corrected chi connectivity index (χ0v) is 14.0. The molecule has 2 aromatic carbocycles. The van der Waals surface area contributed by atoms with Crippen LogP contribution in [-0.4, -0.2) is 31.4 Å². The van der Waals surface area contributed by atoms with Crippen molar-refractivity contribution in [1.82, 2.24) is 4.90 Å². The van der Waals surface area contributed by atoms with E-state index in [0.29, 0.717) is 28.4 Å². The van der Waals surface area contributed by atoms with Crippen LogP contribution in [0.25, 0.3) is 16.5 Å². The Morgan fingerprint density at radius 3 is 2.24 bits per heavy atom. The molecule has 0 unspecified atom stereocenters. The molecular weight excluding hydrogens is 326 g/mol. The lowest BCUT2D eigenvalue weighted by atomic mass is 9.98. The number of nitrogens with zero attached hydrogens (tertiary/aromatic N) is 1. The summed E-state index contributed by atoms with van der Waals surface area (Å²) in [5.74, 6) is 1.48. The van der Waals surface area contributed by atoms with Crippen molar-refractivity contribution in [3.63, 3.8) is 0 Å². The first-order chi connectivity index (χ1) is 12.0. The van der Waals surface area contributed by atoms with E-state index in [2.05, 4.69) is 6.58 Å². The summed E-state index contributed by atoms with van der Waals surface area (Å²) in [6, 6.07) is 8.50. The van der Waals surface area contributed by atoms with Crippen molar-refractivity contribution in [1.29, 1.82) is 0 Å². The van der Waals surface area contributed by atoms with Gasteiger partial charge in [-0.05, 0) is 41.0 Å². The monoisotopic (exact) mass is 343 g/mol. The van der Waals surface area contributed by atoms with Crippen LogP contribution in [0, 0.1) is 0 Å². The van der Waals surface area contributed by atoms with Crippen molar-refractivity contribution in [3.8, 4) is 17.2 Å². The van der Waals surface area contributed by atoms with Gasteiger partial charge in [-0.3, -0.25) is 4.79 Å². The van der Waals surface area contributed by atoms with Gasteiger partial charge in [0.25, 0.3) is 0 Å². The van der Waals surface area contributed by atoms with Crippen molar-refractivity contribution in [2.75, 3.05) is 21.3 Å². The molecule has 0 saturated heterocycles. The molecule has 0 amide bonds. The number of rotatable bonds is 5. The summed E-state index contributed by atoms with van der Waals surface area (Å²) in [6.45, 7) is 4.09. The van der Waals surface area contributed by atoms with Gasteiger partial charge in [0.15, 0.2) is 17.1 Å². The molecule has 0 spiro atoms. The molecule has 0 saturated carbocycles. The van der Waals surface area contributed by atoms with Gasteiger partial charge in [0.05, 0.1) is 26.7 Å². The fraction of sp³-hybridized carbons (Fsp3) is 0.167. The first kappa shape index (κ1) is 16.5. The lowest BCUT2D eigenvalue weighted by molar-refractivity contribution is 0.0117. The summed E-state index contributed by atoms with van der Waals surface area (Å²) in [6.07, 6.45) is 0. The van der Waals surface area contributed by atoms with E-state index in [1.807, 2.05) is 0 Å². The number of hydrogen-bond acceptors (Lipinski definition) is 6. The van der Waals surface area contributed by atoms with Gasteiger partial charge >= 0.3 is 5.56 Å². The fourth-order valence-corrected chi connectivity index (χ4v) is 2.62. The Kier molecular flexibility index (Phi) is 4.14. The van der Waals surface area contributed by atoms with Gasteiger partial charge in [-0.1, -0.05) is 12.6 Å². The van der Waals surface area contributed by atoms with Crippen LogP contribution in [-0.2, 0) is 0 Å². The Morgan fingerprint density at radius 1 is 1.04 bits per heavy atom. The van der Waals surface area contributed by atoms with Gasteiger partial charge in [0.2, 0.25) is 5.75 Å². The highest BCUT2D eigenvalue weighted by Crippen LogP contribution is 2.40. The topological polar surface area (TPSA) is 83.1 Å². The van der Waals surface area contributed by atoms with Crippen molar-refractivity contribution in [2.24, 2.45) is 0 Å². The first-order valence-electron chi connectivity index (χ1n) is 7.35. The SMILES string of the molecule is C=C(c1cc(OC)c(OC)c(OC)c1)c1ccc2on(O)c(=O)c2c1. The lowest BCUT2D eigenvalue weighted by Crippen LogP contribution is -2.10. The van der Waals surface area contributed by atoms with Gasteiger partial charge in [-0.25, -0.2) is 0 Å². The summed E-state index contributed by atoms with van der Waals surface area (Å²) < 4.78 is 20.9. The van der Waals surface area contributed by atoms with E-state index in [4.69, 9.17) is 18.7 Å². The number of benzene rings is 2. The van der Waals surface area contributed by atoms with Crippen molar-refractivity contribution >= 4 is 16.5 Å². The van der Waals surface area contributed by atoms with E-state index < -0.39 is 5.56 Å². The van der Waals surface area contributed by atoms with E-state index in [1.54, 1.807) is 30.3 Å². The van der Waals surface area contributed by atoms with E-state index in [0.717, 1.165) is 5.56 Å². The van der Waals surface area contributed by atoms with Gasteiger partial charge in [-0.2, -0.15) is 0 Å². The molecule has 3 aromatic rings. The molecule has 1 N–H and O–H groups in total. The predicted molar refractivity (Wildman–Crippen MR) is 91.9 cm³/mol. The lowest BCUT2D eigenvalue weighted by Gasteiger charge is -2.15. The number of fused-ring (bicyclic) bond motifs is 1. The standard InChI is InChI=1S/C18H17NO6/c1-10(11-5-6-14-13(7-11)18(20)19(21)25-14)12-8-15(22-2)17(24-4)16(9-12)23-3/h5-9,21H,1H2,2-4H3. The van der Waals surface area contributed by atoms with Crippen LogP contribution in [0.3, 0.4) is 0 Å². The summed E-state index contributed by atoms with van der Waals surface area (Å²) in [5, 5.41) is 9.61. The molecule has 0 aliphatic rings. The smallest absolute Gasteiger partial charge is 0.330 e. The number of aromatic nitrogens is 1. The van der Waals surface area contributed by atoms with Crippen LogP contribution in [0.1, 0.15) is 11.1 Å². The highest BCUT2D eigenvalue weighted by Gasteiger charge is 2.16. The van der Waals surface area contributed by atoms with E-state index in [9.17, 15) is 10.0 Å². The summed E-state index contributed by atoms with van der Waals surface area (Å²) in [5.41, 5.74) is 1.73. The number of ether oxygens (including phenoxy) is 3. The van der Waals surface area contributed by atoms with Crippen LogP contribution in [0.2, 0.25) is 0 Å². The summed E-state index contributed by atoms with van der Waals surface area (Å²) >= 11 is 0. The van der Waals surface area contributed by atoms with Gasteiger partial charge < -0.3 is 23.9 Å². The molecule has 7 nitrogen and oxygen atoms in total. The average molecular weight is 343 g/mol. The van der Waals surface area contributed by atoms with Gasteiger partial charge in [0, 0.05) is 4.90 Å². The molecule has 0 radical (unpaired) electrons. The van der Waals surface area contributed by atoms with Crippen molar-refractivity contribution in [2.45, 2.75) is 0 Å². The minimum atomic E-state index is -0.630. The molecule has 7 heteroatoms. The third kappa shape index (κ3) is 2.69. The fourth-order valence-electron chi connectivity index (χ4n) is 2.62. The highest BCUT2D eigenvalue weighted by molar-refractivity contribution is 5.86. The molecule has 3 rings (SSSR count). The molecule has 1 heterocycles. The van der Waals surface area contributed by atoms with Gasteiger partial charge in [-0.15, -0.1) is 0 Å². The Hall–Kier alpha value is -3.35. The minimum Gasteiger partial charge on any atom is -0.493 e. The molecule has 25 heavy (non-hydrogen) atoms. The van der Waals surface area contributed by atoms with E-state index in [-0.39, 0.29) is 15.9 Å². The number of hydrogen-bond donors (Lipinski definition) is 1. The molecule has 130 valence electrons. The van der Waals surface area contributed by atoms with Crippen molar-refractivity contribution < 1.29 is 23.9 Å². The summed E-state index contributed by atoms with van der Waals surface area (Å²) in [4.78, 5) is 12.1. The second-order valence-corrected chi connectivity index (χ2v) is 5.27. The molecule has 0 atom stereocenters. The summed E-state index contributed by atoms with van der Waals surface area (Å²) in [7, 11) is 4.60. The van der Waals surface area contributed by atoms with Crippen LogP contribution < -0.4 is 19.8 Å². The molecular formula is C18H17NO6. The third-order valence-electron chi connectivity index (χ3n) is 3.93. The Bertz CT molecular complexity index is 989. The third-order valence-corrected chi connectivity index (χ3v) is 3.93. The molecule has 1 aromatic heterocycles. The van der Waals surface area contributed by atoms with Crippen LogP contribution in [0.15, 0.2) is 46.2 Å². The van der Waals surface area contributed by atoms with Crippen LogP contribution in [0.4, 0.5) is 0 Å². The second kappa shape index (κ2) is 6.27. The maximum absolute atomic E-state index is 11.9. The minimum absolute atomic E-state index is 0.205. The number of methoxy groups -OCH3 is 3. The molecule has 0 bridgehead atoms. The van der Waals surface area contributed by atoms with E-state index in [1.165, 1.54) is 21.3 Å². The zero-order chi connectivity index (χ0) is 18.1. The molecule has 0 fully saturated rings. The molecule has 0 aliphatic heterocycles. The van der Waals surface area contributed by atoms with Crippen LogP contribution in [0.5, 0.6) is 17.2 Å². The first-order valence-corrected chi connectivity index (χ1v) is 7.35. The predicted octanol–water partition coefficient (Wildman–Crippen LogP) is 2.92. The Balaban J connectivity index is 2.12. The molecule has 0 aliphatic carbocycles. The normalized spacial score (nSPS) is 10.7. The highest BCUT2D eigenvalue weighted by atomic mass is 16.7. The second-order valence-electron chi connectivity index (χ2n) is 5.27. The maximum Gasteiger partial charge on any atom is 0.330 e. The zero-order valence-electron chi connectivity index (χ0n) is 14.0.